The predicted octanol–water partition coefficient (Wildman–Crippen LogP) is 9.05. The molecular weight excluding hydrogens is 324 g/mol. The lowest BCUT2D eigenvalue weighted by molar-refractivity contribution is 0.0417. The topological polar surface area (TPSA) is 0 Å². The van der Waals surface area contributed by atoms with Gasteiger partial charge >= 0.3 is 0 Å². The molecule has 2 bridgehead atoms. The van der Waals surface area contributed by atoms with Crippen LogP contribution in [0.15, 0.2) is 12.2 Å². The van der Waals surface area contributed by atoms with Gasteiger partial charge in [0.05, 0.1) is 0 Å². The lowest BCUT2D eigenvalue weighted by atomic mass is 9.59. The third-order valence-corrected chi connectivity index (χ3v) is 8.39. The van der Waals surface area contributed by atoms with E-state index in [1.54, 1.807) is 6.42 Å². The van der Waals surface area contributed by atoms with Crippen LogP contribution in [-0.4, -0.2) is 0 Å². The van der Waals surface area contributed by atoms with Gasteiger partial charge in [0.25, 0.3) is 0 Å². The van der Waals surface area contributed by atoms with Gasteiger partial charge in [-0.15, -0.1) is 0 Å². The zero-order valence-corrected chi connectivity index (χ0v) is 19.7. The summed E-state index contributed by atoms with van der Waals surface area (Å²) >= 11 is 0. The van der Waals surface area contributed by atoms with E-state index in [-0.39, 0.29) is 0 Å². The van der Waals surface area contributed by atoms with Gasteiger partial charge in [-0.05, 0) is 85.9 Å². The highest BCUT2D eigenvalue weighted by atomic mass is 14.4. The molecule has 3 aliphatic carbocycles. The average Bonchev–Trinajstić information content (AvgIpc) is 3.31. The molecule has 0 heteroatoms. The van der Waals surface area contributed by atoms with Gasteiger partial charge in [0.15, 0.2) is 0 Å². The van der Waals surface area contributed by atoms with Crippen LogP contribution in [0.2, 0.25) is 0 Å². The first-order valence-corrected chi connectivity index (χ1v) is 12.5. The molecule has 0 nitrogen and oxygen atoms in total. The van der Waals surface area contributed by atoms with Crippen LogP contribution in [0.25, 0.3) is 0 Å². The van der Waals surface area contributed by atoms with Crippen LogP contribution in [0, 0.1) is 40.9 Å². The van der Waals surface area contributed by atoms with Gasteiger partial charge in [-0.25, -0.2) is 0 Å². The van der Waals surface area contributed by atoms with Crippen molar-refractivity contribution in [3.05, 3.63) is 12.2 Å². The fraction of sp³-hybridized carbons (Fsp3) is 0.926. The molecule has 0 aliphatic heterocycles. The summed E-state index contributed by atoms with van der Waals surface area (Å²) in [6, 6.07) is 0. The predicted molar refractivity (Wildman–Crippen MR) is 122 cm³/mol. The molecule has 3 rings (SSSR count). The zero-order valence-electron chi connectivity index (χ0n) is 19.7. The average molecular weight is 375 g/mol. The van der Waals surface area contributed by atoms with Crippen molar-refractivity contribution in [1.29, 1.82) is 0 Å². The van der Waals surface area contributed by atoms with Crippen LogP contribution in [0.3, 0.4) is 0 Å². The molecule has 0 aromatic carbocycles. The summed E-state index contributed by atoms with van der Waals surface area (Å²) in [6.45, 7) is 18.4. The van der Waals surface area contributed by atoms with E-state index in [1.807, 2.05) is 0 Å². The van der Waals surface area contributed by atoms with Gasteiger partial charge in [-0.1, -0.05) is 85.8 Å². The Morgan fingerprint density at radius 2 is 1.70 bits per heavy atom. The minimum absolute atomic E-state index is 0.597. The summed E-state index contributed by atoms with van der Waals surface area (Å²) in [6.07, 6.45) is 17.2. The molecule has 158 valence electrons. The van der Waals surface area contributed by atoms with E-state index >= 15 is 0 Å². The van der Waals surface area contributed by atoms with Gasteiger partial charge in [-0.2, -0.15) is 0 Å². The van der Waals surface area contributed by atoms with Crippen molar-refractivity contribution in [2.75, 3.05) is 0 Å². The van der Waals surface area contributed by atoms with Crippen molar-refractivity contribution in [2.45, 2.75) is 119 Å². The third kappa shape index (κ3) is 6.93. The van der Waals surface area contributed by atoms with Crippen molar-refractivity contribution < 1.29 is 0 Å². The SMILES string of the molecule is C=C1CC1CC(C)(CC)CCCC.CCCC1C(C)CC2CC(C)CC1C2. The Kier molecular flexibility index (Phi) is 8.95. The Morgan fingerprint density at radius 1 is 1.00 bits per heavy atom. The van der Waals surface area contributed by atoms with Crippen molar-refractivity contribution in [3.8, 4) is 0 Å². The van der Waals surface area contributed by atoms with E-state index < -0.39 is 0 Å². The van der Waals surface area contributed by atoms with E-state index in [2.05, 4.69) is 48.1 Å². The molecule has 3 saturated carbocycles. The summed E-state index contributed by atoms with van der Waals surface area (Å²) in [7, 11) is 0. The van der Waals surface area contributed by atoms with Crippen molar-refractivity contribution in [1.82, 2.24) is 0 Å². The summed E-state index contributed by atoms with van der Waals surface area (Å²) in [5.41, 5.74) is 2.09. The number of allylic oxidation sites excluding steroid dienone is 1. The van der Waals surface area contributed by atoms with Gasteiger partial charge in [0.1, 0.15) is 0 Å². The molecule has 3 fully saturated rings. The number of hydrogen-bond acceptors (Lipinski definition) is 0. The largest absolute Gasteiger partial charge is 0.0995 e. The Bertz CT molecular complexity index is 445. The van der Waals surface area contributed by atoms with E-state index in [9.17, 15) is 0 Å². The summed E-state index contributed by atoms with van der Waals surface area (Å²) < 4.78 is 0. The quantitative estimate of drug-likeness (QED) is 0.372. The molecule has 0 heterocycles. The highest BCUT2D eigenvalue weighted by Crippen LogP contribution is 2.49. The second-order valence-electron chi connectivity index (χ2n) is 11.1. The molecule has 0 aromatic rings. The molecule has 0 spiro atoms. The second kappa shape index (κ2) is 10.5. The molecule has 7 unspecified atom stereocenters. The monoisotopic (exact) mass is 374 g/mol. The first kappa shape index (κ1) is 23.0. The highest BCUT2D eigenvalue weighted by Gasteiger charge is 2.39. The Hall–Kier alpha value is -0.260. The summed E-state index contributed by atoms with van der Waals surface area (Å²) in [5.74, 6) is 6.16. The van der Waals surface area contributed by atoms with E-state index in [1.165, 1.54) is 76.2 Å². The van der Waals surface area contributed by atoms with Crippen LogP contribution in [0.5, 0.6) is 0 Å². The van der Waals surface area contributed by atoms with E-state index in [4.69, 9.17) is 0 Å². The summed E-state index contributed by atoms with van der Waals surface area (Å²) in [5, 5.41) is 0. The fourth-order valence-corrected chi connectivity index (χ4v) is 6.46. The van der Waals surface area contributed by atoms with Crippen molar-refractivity contribution >= 4 is 0 Å². The molecule has 7 atom stereocenters. The molecule has 0 amide bonds. The molecule has 0 radical (unpaired) electrons. The maximum atomic E-state index is 4.05. The minimum atomic E-state index is 0.597. The number of hydrogen-bond donors (Lipinski definition) is 0. The summed E-state index contributed by atoms with van der Waals surface area (Å²) in [4.78, 5) is 0. The lowest BCUT2D eigenvalue weighted by Gasteiger charge is -2.46. The highest BCUT2D eigenvalue weighted by molar-refractivity contribution is 5.19. The zero-order chi connectivity index (χ0) is 20.0. The van der Waals surface area contributed by atoms with Crippen LogP contribution < -0.4 is 0 Å². The first-order chi connectivity index (χ1) is 12.8. The minimum Gasteiger partial charge on any atom is -0.0995 e. The van der Waals surface area contributed by atoms with Gasteiger partial charge in [-0.3, -0.25) is 0 Å². The molecule has 0 saturated heterocycles. The normalized spacial score (nSPS) is 37.2. The Morgan fingerprint density at radius 3 is 2.26 bits per heavy atom. The third-order valence-electron chi connectivity index (χ3n) is 8.39. The van der Waals surface area contributed by atoms with Gasteiger partial charge < -0.3 is 0 Å². The second-order valence-corrected chi connectivity index (χ2v) is 11.1. The van der Waals surface area contributed by atoms with Crippen LogP contribution in [0.1, 0.15) is 119 Å². The van der Waals surface area contributed by atoms with Gasteiger partial charge in [0.2, 0.25) is 0 Å². The Balaban J connectivity index is 0.000000194. The van der Waals surface area contributed by atoms with Crippen molar-refractivity contribution in [3.63, 3.8) is 0 Å². The molecular formula is C27H50. The first-order valence-electron chi connectivity index (χ1n) is 12.5. The number of unbranched alkanes of at least 4 members (excludes halogenated alkanes) is 1. The Labute approximate surface area is 172 Å². The van der Waals surface area contributed by atoms with E-state index in [0.717, 1.165) is 35.5 Å². The maximum Gasteiger partial charge on any atom is -0.0163 e. The van der Waals surface area contributed by atoms with Crippen molar-refractivity contribution in [2.24, 2.45) is 40.9 Å². The molecule has 0 aromatic heterocycles. The lowest BCUT2D eigenvalue weighted by Crippen LogP contribution is -2.36. The fourth-order valence-electron chi connectivity index (χ4n) is 6.46. The molecule has 0 N–H and O–H groups in total. The van der Waals surface area contributed by atoms with Crippen LogP contribution in [-0.2, 0) is 0 Å². The molecule has 3 aliphatic rings. The smallest absolute Gasteiger partial charge is 0.0163 e. The van der Waals surface area contributed by atoms with Crippen LogP contribution >= 0.6 is 0 Å². The molecule has 27 heavy (non-hydrogen) atoms. The number of rotatable bonds is 8. The van der Waals surface area contributed by atoms with Gasteiger partial charge in [0, 0.05) is 0 Å². The van der Waals surface area contributed by atoms with Crippen LogP contribution in [0.4, 0.5) is 0 Å². The van der Waals surface area contributed by atoms with E-state index in [0.29, 0.717) is 5.41 Å². The standard InChI is InChI=1S/C14H26.C13H24/c1-4-5-14-11(3)8-12-6-10(2)7-13(14)9-12;1-5-7-8-13(4,6-2)10-12-9-11(12)3/h10-14H,4-9H2,1-3H3;12H,3,5-10H2,1-2,4H3. The maximum absolute atomic E-state index is 4.05. The number of fused-ring (bicyclic) bond motifs is 2.